The van der Waals surface area contributed by atoms with Crippen molar-refractivity contribution in [1.82, 2.24) is 14.3 Å². The molecule has 0 aromatic carbocycles. The average Bonchev–Trinajstić information content (AvgIpc) is 2.77. The maximum Gasteiger partial charge on any atom is 0.137 e. The van der Waals surface area contributed by atoms with E-state index in [0.717, 1.165) is 30.9 Å². The summed E-state index contributed by atoms with van der Waals surface area (Å²) in [6.45, 7) is 7.01. The number of hydrogen-bond acceptors (Lipinski definition) is 3. The molecule has 4 heteroatoms. The molecule has 19 heavy (non-hydrogen) atoms. The van der Waals surface area contributed by atoms with Crippen LogP contribution < -0.4 is 0 Å². The summed E-state index contributed by atoms with van der Waals surface area (Å²) in [6, 6.07) is 4.12. The Morgan fingerprint density at radius 3 is 2.84 bits per heavy atom. The van der Waals surface area contributed by atoms with Crippen molar-refractivity contribution in [3.63, 3.8) is 0 Å². The Bertz CT molecular complexity index is 521. The first-order valence-corrected chi connectivity index (χ1v) is 7.00. The van der Waals surface area contributed by atoms with E-state index in [9.17, 15) is 0 Å². The lowest BCUT2D eigenvalue weighted by Crippen LogP contribution is -2.27. The summed E-state index contributed by atoms with van der Waals surface area (Å²) in [4.78, 5) is 6.89. The van der Waals surface area contributed by atoms with Gasteiger partial charge in [-0.05, 0) is 31.5 Å². The molecule has 0 bridgehead atoms. The van der Waals surface area contributed by atoms with Crippen LogP contribution in [0.4, 0.5) is 0 Å². The van der Waals surface area contributed by atoms with Gasteiger partial charge in [-0.15, -0.1) is 0 Å². The third-order valence-electron chi connectivity index (χ3n) is 3.28. The zero-order valence-corrected chi connectivity index (χ0v) is 11.8. The van der Waals surface area contributed by atoms with Crippen LogP contribution in [0.15, 0.2) is 24.5 Å². The van der Waals surface area contributed by atoms with Crippen LogP contribution in [0.5, 0.6) is 0 Å². The van der Waals surface area contributed by atoms with E-state index in [0.29, 0.717) is 6.54 Å². The van der Waals surface area contributed by atoms with Gasteiger partial charge in [0.2, 0.25) is 0 Å². The molecule has 2 heterocycles. The lowest BCUT2D eigenvalue weighted by atomic mass is 10.3. The van der Waals surface area contributed by atoms with Crippen molar-refractivity contribution in [3.05, 3.63) is 35.8 Å². The van der Waals surface area contributed by atoms with Crippen LogP contribution in [0.25, 0.3) is 5.65 Å². The third kappa shape index (κ3) is 3.78. The average molecular weight is 261 g/mol. The predicted octanol–water partition coefficient (Wildman–Crippen LogP) is 2.24. The van der Waals surface area contributed by atoms with Gasteiger partial charge in [0.1, 0.15) is 5.65 Å². The molecule has 2 aromatic rings. The van der Waals surface area contributed by atoms with Gasteiger partial charge in [-0.3, -0.25) is 4.90 Å². The highest BCUT2D eigenvalue weighted by Gasteiger charge is 2.08. The largest absolute Gasteiger partial charge is 0.395 e. The molecule has 0 aliphatic rings. The van der Waals surface area contributed by atoms with Gasteiger partial charge in [0.25, 0.3) is 0 Å². The zero-order valence-electron chi connectivity index (χ0n) is 11.8. The Hall–Kier alpha value is -1.39. The lowest BCUT2D eigenvalue weighted by molar-refractivity contribution is 0.187. The fraction of sp³-hybridized carbons (Fsp3) is 0.533. The number of hydrogen-bond donors (Lipinski definition) is 1. The summed E-state index contributed by atoms with van der Waals surface area (Å²) >= 11 is 0. The molecule has 0 aliphatic heterocycles. The number of imidazole rings is 1. The van der Waals surface area contributed by atoms with Gasteiger partial charge in [0.15, 0.2) is 0 Å². The molecule has 2 aromatic heterocycles. The van der Waals surface area contributed by atoms with Crippen molar-refractivity contribution in [2.75, 3.05) is 19.7 Å². The Morgan fingerprint density at radius 2 is 2.11 bits per heavy atom. The summed E-state index contributed by atoms with van der Waals surface area (Å²) in [6.07, 6.45) is 6.51. The number of aliphatic hydroxyl groups is 1. The Labute approximate surface area is 114 Å². The monoisotopic (exact) mass is 261 g/mol. The van der Waals surface area contributed by atoms with E-state index in [2.05, 4.69) is 46.6 Å². The molecule has 0 radical (unpaired) electrons. The molecule has 0 aliphatic carbocycles. The molecule has 0 spiro atoms. The Balaban J connectivity index is 2.09. The highest BCUT2D eigenvalue weighted by molar-refractivity contribution is 5.41. The number of aromatic nitrogens is 2. The van der Waals surface area contributed by atoms with E-state index >= 15 is 0 Å². The van der Waals surface area contributed by atoms with E-state index in [1.54, 1.807) is 0 Å². The van der Waals surface area contributed by atoms with Gasteiger partial charge in [0.05, 0.1) is 12.3 Å². The van der Waals surface area contributed by atoms with Gasteiger partial charge < -0.3 is 9.51 Å². The molecule has 0 saturated heterocycles. The number of pyridine rings is 1. The van der Waals surface area contributed by atoms with E-state index in [1.807, 2.05) is 6.07 Å². The normalized spacial score (nSPS) is 11.6. The van der Waals surface area contributed by atoms with Gasteiger partial charge in [0, 0.05) is 25.5 Å². The quantitative estimate of drug-likeness (QED) is 0.831. The van der Waals surface area contributed by atoms with E-state index in [1.165, 1.54) is 12.0 Å². The van der Waals surface area contributed by atoms with Gasteiger partial charge in [-0.25, -0.2) is 4.98 Å². The summed E-state index contributed by atoms with van der Waals surface area (Å²) in [5.74, 6) is 0. The topological polar surface area (TPSA) is 40.8 Å². The molecule has 0 saturated carbocycles. The van der Waals surface area contributed by atoms with Crippen LogP contribution in [0, 0.1) is 6.92 Å². The van der Waals surface area contributed by atoms with Gasteiger partial charge in [-0.2, -0.15) is 0 Å². The number of nitrogens with zero attached hydrogens (tertiary/aromatic N) is 3. The smallest absolute Gasteiger partial charge is 0.137 e. The van der Waals surface area contributed by atoms with E-state index in [-0.39, 0.29) is 6.61 Å². The highest BCUT2D eigenvalue weighted by Crippen LogP contribution is 2.10. The predicted molar refractivity (Wildman–Crippen MR) is 77.2 cm³/mol. The maximum absolute atomic E-state index is 9.12. The van der Waals surface area contributed by atoms with Crippen LogP contribution in [0.1, 0.15) is 31.0 Å². The molecule has 104 valence electrons. The highest BCUT2D eigenvalue weighted by atomic mass is 16.3. The number of rotatable bonds is 7. The third-order valence-corrected chi connectivity index (χ3v) is 3.28. The molecule has 4 nitrogen and oxygen atoms in total. The standard InChI is InChI=1S/C15H23N3O/c1-3-4-7-17(8-9-19)11-14-12-18-10-13(2)5-6-15(18)16-14/h5-6,10,12,19H,3-4,7-9,11H2,1-2H3. The first-order valence-electron chi connectivity index (χ1n) is 7.00. The summed E-state index contributed by atoms with van der Waals surface area (Å²) in [5, 5.41) is 9.12. The summed E-state index contributed by atoms with van der Waals surface area (Å²) in [7, 11) is 0. The molecule has 0 atom stereocenters. The van der Waals surface area contributed by atoms with Crippen molar-refractivity contribution in [2.45, 2.75) is 33.2 Å². The van der Waals surface area contributed by atoms with Crippen molar-refractivity contribution in [3.8, 4) is 0 Å². The molecule has 0 unspecified atom stereocenters. The van der Waals surface area contributed by atoms with Crippen molar-refractivity contribution < 1.29 is 5.11 Å². The van der Waals surface area contributed by atoms with Crippen LogP contribution >= 0.6 is 0 Å². The molecule has 1 N–H and O–H groups in total. The first kappa shape index (κ1) is 14.0. The van der Waals surface area contributed by atoms with Gasteiger partial charge in [-0.1, -0.05) is 19.4 Å². The second-order valence-electron chi connectivity index (χ2n) is 5.06. The first-order chi connectivity index (χ1) is 9.22. The summed E-state index contributed by atoms with van der Waals surface area (Å²) in [5.41, 5.74) is 3.28. The van der Waals surface area contributed by atoms with Crippen LogP contribution in [0.3, 0.4) is 0 Å². The molecular formula is C15H23N3O. The minimum Gasteiger partial charge on any atom is -0.395 e. The van der Waals surface area contributed by atoms with Crippen molar-refractivity contribution >= 4 is 5.65 Å². The molecule has 0 fully saturated rings. The zero-order chi connectivity index (χ0) is 13.7. The minimum absolute atomic E-state index is 0.205. The number of aliphatic hydroxyl groups excluding tert-OH is 1. The Kier molecular flexibility index (Phi) is 4.93. The van der Waals surface area contributed by atoms with E-state index < -0.39 is 0 Å². The van der Waals surface area contributed by atoms with Crippen LogP contribution in [0.2, 0.25) is 0 Å². The molecular weight excluding hydrogens is 238 g/mol. The van der Waals surface area contributed by atoms with Gasteiger partial charge >= 0.3 is 0 Å². The fourth-order valence-corrected chi connectivity index (χ4v) is 2.25. The van der Waals surface area contributed by atoms with Crippen molar-refractivity contribution in [1.29, 1.82) is 0 Å². The fourth-order valence-electron chi connectivity index (χ4n) is 2.25. The number of unbranched alkanes of at least 4 members (excludes halogenated alkanes) is 1. The Morgan fingerprint density at radius 1 is 1.26 bits per heavy atom. The van der Waals surface area contributed by atoms with E-state index in [4.69, 9.17) is 5.11 Å². The van der Waals surface area contributed by atoms with Crippen LogP contribution in [-0.2, 0) is 6.54 Å². The molecule has 2 rings (SSSR count). The second kappa shape index (κ2) is 6.68. The van der Waals surface area contributed by atoms with Crippen molar-refractivity contribution in [2.24, 2.45) is 0 Å². The van der Waals surface area contributed by atoms with Crippen LogP contribution in [-0.4, -0.2) is 39.1 Å². The molecule has 0 amide bonds. The summed E-state index contributed by atoms with van der Waals surface area (Å²) < 4.78 is 2.07. The maximum atomic E-state index is 9.12. The number of aryl methyl sites for hydroxylation is 1. The second-order valence-corrected chi connectivity index (χ2v) is 5.06. The SMILES string of the molecule is CCCCN(CCO)Cc1cn2cc(C)ccc2n1. The number of fused-ring (bicyclic) bond motifs is 1. The minimum atomic E-state index is 0.205. The lowest BCUT2D eigenvalue weighted by Gasteiger charge is -2.19.